The molecule has 0 atom stereocenters. The van der Waals surface area contributed by atoms with E-state index in [1.54, 1.807) is 14.2 Å². The van der Waals surface area contributed by atoms with Crippen LogP contribution >= 0.6 is 0 Å². The maximum absolute atomic E-state index is 5.81. The van der Waals surface area contributed by atoms with E-state index < -0.39 is 0 Å². The van der Waals surface area contributed by atoms with Gasteiger partial charge in [0.1, 0.15) is 11.5 Å². The van der Waals surface area contributed by atoms with Crippen molar-refractivity contribution >= 4 is 0 Å². The average Bonchev–Trinajstić information content (AvgIpc) is 2.75. The molecular formula is C24H26O4. The molecule has 4 nitrogen and oxygen atoms in total. The van der Waals surface area contributed by atoms with E-state index in [1.807, 2.05) is 48.5 Å². The number of benzene rings is 3. The van der Waals surface area contributed by atoms with Gasteiger partial charge in [-0.25, -0.2) is 0 Å². The summed E-state index contributed by atoms with van der Waals surface area (Å²) in [7, 11) is 3.34. The van der Waals surface area contributed by atoms with Gasteiger partial charge < -0.3 is 18.9 Å². The van der Waals surface area contributed by atoms with Crippen molar-refractivity contribution in [2.75, 3.05) is 14.2 Å². The summed E-state index contributed by atoms with van der Waals surface area (Å²) in [4.78, 5) is 0. The van der Waals surface area contributed by atoms with Crippen molar-refractivity contribution in [2.45, 2.75) is 26.4 Å². The first-order valence-corrected chi connectivity index (χ1v) is 9.26. The highest BCUT2D eigenvalue weighted by Gasteiger charge is 2.00. The molecule has 0 amide bonds. The standard InChI is InChI=1S/C24H26O4/c1-25-23-7-3-5-21(13-23)17-27-15-19-9-11-20(12-10-19)16-28-18-22-6-4-8-24(14-22)26-2/h3-14H,15-18H2,1-2H3. The van der Waals surface area contributed by atoms with Crippen LogP contribution in [0.15, 0.2) is 72.8 Å². The van der Waals surface area contributed by atoms with Crippen molar-refractivity contribution in [3.63, 3.8) is 0 Å². The van der Waals surface area contributed by atoms with Gasteiger partial charge in [0, 0.05) is 0 Å². The van der Waals surface area contributed by atoms with Gasteiger partial charge in [-0.15, -0.1) is 0 Å². The molecule has 0 bridgehead atoms. The van der Waals surface area contributed by atoms with Crippen molar-refractivity contribution in [3.8, 4) is 11.5 Å². The summed E-state index contributed by atoms with van der Waals surface area (Å²) in [5.41, 5.74) is 4.47. The SMILES string of the molecule is COc1cccc(COCc2ccc(COCc3cccc(OC)c3)cc2)c1. The molecule has 3 rings (SSSR count). The van der Waals surface area contributed by atoms with Gasteiger partial charge in [-0.1, -0.05) is 48.5 Å². The van der Waals surface area contributed by atoms with Crippen molar-refractivity contribution in [2.24, 2.45) is 0 Å². The van der Waals surface area contributed by atoms with E-state index in [1.165, 1.54) is 0 Å². The second-order valence-electron chi connectivity index (χ2n) is 6.51. The lowest BCUT2D eigenvalue weighted by Gasteiger charge is -2.08. The van der Waals surface area contributed by atoms with Gasteiger partial charge in [-0.05, 0) is 46.5 Å². The third-order valence-corrected chi connectivity index (χ3v) is 4.37. The van der Waals surface area contributed by atoms with Crippen LogP contribution in [0.1, 0.15) is 22.3 Å². The molecule has 0 saturated heterocycles. The zero-order chi connectivity index (χ0) is 19.6. The highest BCUT2D eigenvalue weighted by atomic mass is 16.5. The summed E-state index contributed by atoms with van der Waals surface area (Å²) in [6.45, 7) is 2.26. The second kappa shape index (κ2) is 10.5. The van der Waals surface area contributed by atoms with E-state index in [2.05, 4.69) is 24.3 Å². The lowest BCUT2D eigenvalue weighted by molar-refractivity contribution is 0.105. The summed E-state index contributed by atoms with van der Waals surface area (Å²) < 4.78 is 22.1. The highest BCUT2D eigenvalue weighted by molar-refractivity contribution is 5.29. The highest BCUT2D eigenvalue weighted by Crippen LogP contribution is 2.16. The van der Waals surface area contributed by atoms with Crippen LogP contribution < -0.4 is 9.47 Å². The fourth-order valence-electron chi connectivity index (χ4n) is 2.83. The van der Waals surface area contributed by atoms with Crippen molar-refractivity contribution < 1.29 is 18.9 Å². The Bertz CT molecular complexity index is 786. The van der Waals surface area contributed by atoms with Gasteiger partial charge in [-0.3, -0.25) is 0 Å². The van der Waals surface area contributed by atoms with Crippen LogP contribution in [0, 0.1) is 0 Å². The van der Waals surface area contributed by atoms with E-state index in [0.717, 1.165) is 33.8 Å². The maximum Gasteiger partial charge on any atom is 0.119 e. The number of ether oxygens (including phenoxy) is 4. The Labute approximate surface area is 166 Å². The number of methoxy groups -OCH3 is 2. The van der Waals surface area contributed by atoms with Crippen molar-refractivity contribution in [1.29, 1.82) is 0 Å². The molecule has 3 aromatic carbocycles. The number of hydrogen-bond donors (Lipinski definition) is 0. The topological polar surface area (TPSA) is 36.9 Å². The van der Waals surface area contributed by atoms with Crippen molar-refractivity contribution in [3.05, 3.63) is 95.1 Å². The molecule has 0 spiro atoms. The molecule has 0 N–H and O–H groups in total. The molecule has 0 fully saturated rings. The second-order valence-corrected chi connectivity index (χ2v) is 6.51. The quantitative estimate of drug-likeness (QED) is 0.490. The van der Waals surface area contributed by atoms with Crippen LogP contribution in [0.5, 0.6) is 11.5 Å². The maximum atomic E-state index is 5.81. The average molecular weight is 378 g/mol. The van der Waals surface area contributed by atoms with E-state index in [0.29, 0.717) is 26.4 Å². The van der Waals surface area contributed by atoms with Gasteiger partial charge in [0.2, 0.25) is 0 Å². The minimum atomic E-state index is 0.558. The zero-order valence-electron chi connectivity index (χ0n) is 16.4. The van der Waals surface area contributed by atoms with Crippen LogP contribution in [0.4, 0.5) is 0 Å². The molecule has 0 aliphatic rings. The molecule has 0 radical (unpaired) electrons. The minimum absolute atomic E-state index is 0.558. The zero-order valence-corrected chi connectivity index (χ0v) is 16.4. The lowest BCUT2D eigenvalue weighted by Crippen LogP contribution is -1.97. The Morgan fingerprint density at radius 3 is 1.29 bits per heavy atom. The van der Waals surface area contributed by atoms with E-state index in [4.69, 9.17) is 18.9 Å². The minimum Gasteiger partial charge on any atom is -0.497 e. The molecule has 0 aliphatic carbocycles. The summed E-state index contributed by atoms with van der Waals surface area (Å²) in [6, 6.07) is 24.2. The largest absolute Gasteiger partial charge is 0.497 e. The molecule has 146 valence electrons. The molecular weight excluding hydrogens is 352 g/mol. The predicted molar refractivity (Wildman–Crippen MR) is 109 cm³/mol. The van der Waals surface area contributed by atoms with Crippen LogP contribution in [0.3, 0.4) is 0 Å². The Morgan fingerprint density at radius 2 is 0.893 bits per heavy atom. The number of rotatable bonds is 10. The Hall–Kier alpha value is -2.82. The van der Waals surface area contributed by atoms with Crippen LogP contribution in [-0.2, 0) is 35.9 Å². The summed E-state index contributed by atoms with van der Waals surface area (Å²) in [5.74, 6) is 1.69. The van der Waals surface area contributed by atoms with E-state index >= 15 is 0 Å². The smallest absolute Gasteiger partial charge is 0.119 e. The van der Waals surface area contributed by atoms with Crippen LogP contribution in [-0.4, -0.2) is 14.2 Å². The predicted octanol–water partition coefficient (Wildman–Crippen LogP) is 5.14. The molecule has 0 saturated carbocycles. The normalized spacial score (nSPS) is 10.6. The Morgan fingerprint density at radius 1 is 0.500 bits per heavy atom. The van der Waals surface area contributed by atoms with Gasteiger partial charge in [0.15, 0.2) is 0 Å². The molecule has 4 heteroatoms. The van der Waals surface area contributed by atoms with Gasteiger partial charge >= 0.3 is 0 Å². The summed E-state index contributed by atoms with van der Waals surface area (Å²) in [5, 5.41) is 0. The molecule has 0 heterocycles. The lowest BCUT2D eigenvalue weighted by atomic mass is 10.1. The molecule has 0 unspecified atom stereocenters. The first kappa shape index (κ1) is 19.9. The van der Waals surface area contributed by atoms with Gasteiger partial charge in [-0.2, -0.15) is 0 Å². The van der Waals surface area contributed by atoms with E-state index in [9.17, 15) is 0 Å². The molecule has 0 aromatic heterocycles. The number of hydrogen-bond acceptors (Lipinski definition) is 4. The van der Waals surface area contributed by atoms with Gasteiger partial charge in [0.25, 0.3) is 0 Å². The van der Waals surface area contributed by atoms with E-state index in [-0.39, 0.29) is 0 Å². The summed E-state index contributed by atoms with van der Waals surface area (Å²) in [6.07, 6.45) is 0. The third kappa shape index (κ3) is 6.12. The fraction of sp³-hybridized carbons (Fsp3) is 0.250. The fourth-order valence-corrected chi connectivity index (χ4v) is 2.83. The van der Waals surface area contributed by atoms with Crippen LogP contribution in [0.25, 0.3) is 0 Å². The first-order valence-electron chi connectivity index (χ1n) is 9.26. The molecule has 0 aliphatic heterocycles. The monoisotopic (exact) mass is 378 g/mol. The van der Waals surface area contributed by atoms with Gasteiger partial charge in [0.05, 0.1) is 40.6 Å². The Balaban J connectivity index is 1.41. The molecule has 28 heavy (non-hydrogen) atoms. The molecule has 3 aromatic rings. The third-order valence-electron chi connectivity index (χ3n) is 4.37. The van der Waals surface area contributed by atoms with Crippen LogP contribution in [0.2, 0.25) is 0 Å². The summed E-state index contributed by atoms with van der Waals surface area (Å²) >= 11 is 0. The Kier molecular flexibility index (Phi) is 7.47. The van der Waals surface area contributed by atoms with Crippen molar-refractivity contribution in [1.82, 2.24) is 0 Å². The first-order chi connectivity index (χ1) is 13.8.